The fraction of sp³-hybridized carbons (Fsp3) is 0.938. The molecule has 110 valence electrons. The van der Waals surface area contributed by atoms with E-state index in [1.807, 2.05) is 0 Å². The van der Waals surface area contributed by atoms with E-state index >= 15 is 0 Å². The van der Waals surface area contributed by atoms with E-state index < -0.39 is 0 Å². The molecular weight excluding hydrogens is 236 g/mol. The van der Waals surface area contributed by atoms with Gasteiger partial charge in [-0.25, -0.2) is 0 Å². The lowest BCUT2D eigenvalue weighted by atomic mass is 9.76. The molecule has 19 heavy (non-hydrogen) atoms. The average Bonchev–Trinajstić information content (AvgIpc) is 2.71. The number of nitrogens with one attached hydrogen (secondary N) is 1. The van der Waals surface area contributed by atoms with Gasteiger partial charge in [0.05, 0.1) is 5.54 Å². The van der Waals surface area contributed by atoms with Gasteiger partial charge in [0.2, 0.25) is 5.91 Å². The van der Waals surface area contributed by atoms with Gasteiger partial charge >= 0.3 is 0 Å². The van der Waals surface area contributed by atoms with Crippen LogP contribution in [0.25, 0.3) is 0 Å². The molecule has 2 rings (SSSR count). The molecular formula is C16H30N2O. The molecule has 0 bridgehead atoms. The molecule has 2 fully saturated rings. The van der Waals surface area contributed by atoms with E-state index in [9.17, 15) is 4.79 Å². The van der Waals surface area contributed by atoms with Crippen LogP contribution in [-0.4, -0.2) is 18.0 Å². The fourth-order valence-corrected chi connectivity index (χ4v) is 3.60. The van der Waals surface area contributed by atoms with Crippen molar-refractivity contribution in [2.45, 2.75) is 76.7 Å². The lowest BCUT2D eigenvalue weighted by Gasteiger charge is -2.40. The second kappa shape index (κ2) is 6.74. The maximum absolute atomic E-state index is 12.5. The van der Waals surface area contributed by atoms with Gasteiger partial charge in [0, 0.05) is 12.5 Å². The van der Waals surface area contributed by atoms with Crippen molar-refractivity contribution in [1.29, 1.82) is 0 Å². The summed E-state index contributed by atoms with van der Waals surface area (Å²) < 4.78 is 0. The molecule has 0 radical (unpaired) electrons. The van der Waals surface area contributed by atoms with E-state index in [1.165, 1.54) is 38.5 Å². The predicted molar refractivity (Wildman–Crippen MR) is 78.8 cm³/mol. The topological polar surface area (TPSA) is 55.1 Å². The van der Waals surface area contributed by atoms with E-state index in [0.29, 0.717) is 6.54 Å². The number of carbonyl (C=O) groups is 1. The molecule has 0 unspecified atom stereocenters. The second-order valence-corrected chi connectivity index (χ2v) is 6.84. The fourth-order valence-electron chi connectivity index (χ4n) is 3.60. The third-order valence-electron chi connectivity index (χ3n) is 5.24. The van der Waals surface area contributed by atoms with Crippen LogP contribution < -0.4 is 11.1 Å². The van der Waals surface area contributed by atoms with E-state index in [2.05, 4.69) is 12.2 Å². The monoisotopic (exact) mass is 266 g/mol. The smallest absolute Gasteiger partial charge is 0.223 e. The Labute approximate surface area is 117 Å². The first kappa shape index (κ1) is 14.8. The van der Waals surface area contributed by atoms with Crippen molar-refractivity contribution in [3.8, 4) is 0 Å². The highest BCUT2D eigenvalue weighted by atomic mass is 16.2. The van der Waals surface area contributed by atoms with Crippen LogP contribution in [0.2, 0.25) is 0 Å². The largest absolute Gasteiger partial charge is 0.349 e. The van der Waals surface area contributed by atoms with Crippen LogP contribution in [0.15, 0.2) is 0 Å². The van der Waals surface area contributed by atoms with Gasteiger partial charge in [0.15, 0.2) is 0 Å². The molecule has 2 aliphatic carbocycles. The van der Waals surface area contributed by atoms with Crippen LogP contribution in [-0.2, 0) is 4.79 Å². The van der Waals surface area contributed by atoms with Gasteiger partial charge < -0.3 is 11.1 Å². The first-order valence-electron chi connectivity index (χ1n) is 8.17. The van der Waals surface area contributed by atoms with Crippen molar-refractivity contribution in [1.82, 2.24) is 5.32 Å². The van der Waals surface area contributed by atoms with Crippen LogP contribution in [0.3, 0.4) is 0 Å². The van der Waals surface area contributed by atoms with E-state index in [4.69, 9.17) is 5.73 Å². The number of rotatable bonds is 3. The third kappa shape index (κ3) is 3.95. The van der Waals surface area contributed by atoms with Crippen LogP contribution in [0, 0.1) is 11.8 Å². The van der Waals surface area contributed by atoms with Crippen LogP contribution in [0.4, 0.5) is 0 Å². The minimum absolute atomic E-state index is 0.101. The van der Waals surface area contributed by atoms with Gasteiger partial charge in [-0.1, -0.05) is 32.6 Å². The highest BCUT2D eigenvalue weighted by Crippen LogP contribution is 2.32. The molecule has 0 spiro atoms. The Bertz CT molecular complexity index is 287. The molecule has 3 heteroatoms. The summed E-state index contributed by atoms with van der Waals surface area (Å²) in [6.45, 7) is 2.89. The lowest BCUT2D eigenvalue weighted by Crippen LogP contribution is -2.56. The molecule has 0 aromatic rings. The van der Waals surface area contributed by atoms with Crippen LogP contribution in [0.5, 0.6) is 0 Å². The second-order valence-electron chi connectivity index (χ2n) is 6.84. The number of hydrogen-bond acceptors (Lipinski definition) is 2. The summed E-state index contributed by atoms with van der Waals surface area (Å²) >= 11 is 0. The SMILES string of the molecule is CC1CCC(CN)(NC(=O)C2CCCCCC2)CC1. The molecule has 2 saturated carbocycles. The number of amides is 1. The maximum Gasteiger partial charge on any atom is 0.223 e. The quantitative estimate of drug-likeness (QED) is 0.772. The number of carbonyl (C=O) groups excluding carboxylic acids is 1. The Morgan fingerprint density at radius 2 is 1.68 bits per heavy atom. The van der Waals surface area contributed by atoms with Crippen molar-refractivity contribution >= 4 is 5.91 Å². The molecule has 0 saturated heterocycles. The molecule has 0 heterocycles. The van der Waals surface area contributed by atoms with E-state index in [1.54, 1.807) is 0 Å². The van der Waals surface area contributed by atoms with Crippen molar-refractivity contribution in [3.63, 3.8) is 0 Å². The third-order valence-corrected chi connectivity index (χ3v) is 5.24. The van der Waals surface area contributed by atoms with E-state index in [-0.39, 0.29) is 17.4 Å². The van der Waals surface area contributed by atoms with Crippen molar-refractivity contribution in [3.05, 3.63) is 0 Å². The summed E-state index contributed by atoms with van der Waals surface area (Å²) in [5.41, 5.74) is 5.88. The van der Waals surface area contributed by atoms with Gasteiger partial charge in [-0.2, -0.15) is 0 Å². The zero-order chi connectivity index (χ0) is 13.7. The summed E-state index contributed by atoms with van der Waals surface area (Å²) in [6.07, 6.45) is 11.7. The summed E-state index contributed by atoms with van der Waals surface area (Å²) in [5.74, 6) is 1.31. The highest BCUT2D eigenvalue weighted by molar-refractivity contribution is 5.79. The minimum atomic E-state index is -0.101. The van der Waals surface area contributed by atoms with Gasteiger partial charge in [0.25, 0.3) is 0 Å². The Hall–Kier alpha value is -0.570. The minimum Gasteiger partial charge on any atom is -0.349 e. The highest BCUT2D eigenvalue weighted by Gasteiger charge is 2.35. The first-order chi connectivity index (χ1) is 9.15. The summed E-state index contributed by atoms with van der Waals surface area (Å²) in [5, 5.41) is 3.34. The Kier molecular flexibility index (Phi) is 5.26. The zero-order valence-corrected chi connectivity index (χ0v) is 12.4. The van der Waals surface area contributed by atoms with Crippen molar-refractivity contribution < 1.29 is 4.79 Å². The van der Waals surface area contributed by atoms with Gasteiger partial charge in [-0.3, -0.25) is 4.79 Å². The molecule has 0 aromatic heterocycles. The Balaban J connectivity index is 1.91. The Morgan fingerprint density at radius 1 is 1.11 bits per heavy atom. The molecule has 3 nitrogen and oxygen atoms in total. The molecule has 0 aromatic carbocycles. The standard InChI is InChI=1S/C16H30N2O/c1-13-8-10-16(12-17,11-9-13)18-15(19)14-6-4-2-3-5-7-14/h13-14H,2-12,17H2,1H3,(H,18,19). The van der Waals surface area contributed by atoms with Crippen LogP contribution in [0.1, 0.15) is 71.1 Å². The summed E-state index contributed by atoms with van der Waals surface area (Å²) in [4.78, 5) is 12.5. The molecule has 0 aliphatic heterocycles. The van der Waals surface area contributed by atoms with E-state index in [0.717, 1.165) is 31.6 Å². The normalized spacial score (nSPS) is 33.7. The number of nitrogens with two attached hydrogens (primary N) is 1. The van der Waals surface area contributed by atoms with Crippen molar-refractivity contribution in [2.24, 2.45) is 17.6 Å². The Morgan fingerprint density at radius 3 is 2.21 bits per heavy atom. The predicted octanol–water partition coefficient (Wildman–Crippen LogP) is 2.98. The molecule has 1 amide bonds. The van der Waals surface area contributed by atoms with Crippen LogP contribution >= 0.6 is 0 Å². The molecule has 0 atom stereocenters. The lowest BCUT2D eigenvalue weighted by molar-refractivity contribution is -0.127. The summed E-state index contributed by atoms with van der Waals surface area (Å²) in [6, 6.07) is 0. The van der Waals surface area contributed by atoms with Gasteiger partial charge in [0.1, 0.15) is 0 Å². The molecule has 3 N–H and O–H groups in total. The first-order valence-corrected chi connectivity index (χ1v) is 8.17. The van der Waals surface area contributed by atoms with Crippen molar-refractivity contribution in [2.75, 3.05) is 6.54 Å². The summed E-state index contributed by atoms with van der Waals surface area (Å²) in [7, 11) is 0. The average molecular weight is 266 g/mol. The van der Waals surface area contributed by atoms with Gasteiger partial charge in [-0.05, 0) is 44.4 Å². The maximum atomic E-state index is 12.5. The van der Waals surface area contributed by atoms with Gasteiger partial charge in [-0.15, -0.1) is 0 Å². The molecule has 2 aliphatic rings. The zero-order valence-electron chi connectivity index (χ0n) is 12.4. The number of hydrogen-bond donors (Lipinski definition) is 2.